The lowest BCUT2D eigenvalue weighted by Crippen LogP contribution is -2.39. The highest BCUT2D eigenvalue weighted by Crippen LogP contribution is 2.07. The maximum atomic E-state index is 11.4. The Morgan fingerprint density at radius 3 is 2.38 bits per heavy atom. The molecule has 8 heteroatoms. The minimum absolute atomic E-state index is 0.211. The first-order valence-electron chi connectivity index (χ1n) is 6.06. The summed E-state index contributed by atoms with van der Waals surface area (Å²) in [6.45, 7) is -0.401. The summed E-state index contributed by atoms with van der Waals surface area (Å²) in [5, 5.41) is 17.3. The van der Waals surface area contributed by atoms with Gasteiger partial charge in [-0.1, -0.05) is 18.2 Å². The van der Waals surface area contributed by atoms with Gasteiger partial charge in [-0.15, -0.1) is 5.48 Å². The van der Waals surface area contributed by atoms with Crippen molar-refractivity contribution in [1.29, 1.82) is 0 Å². The van der Waals surface area contributed by atoms with E-state index in [-0.39, 0.29) is 12.8 Å². The van der Waals surface area contributed by atoms with E-state index in [0.29, 0.717) is 5.75 Å². The topological polar surface area (TPSA) is 122 Å². The largest absolute Gasteiger partial charge is 0.482 e. The van der Waals surface area contributed by atoms with Gasteiger partial charge in [-0.05, 0) is 18.6 Å². The molecular weight excluding hydrogens is 282 g/mol. The molecule has 8 nitrogen and oxygen atoms in total. The Hall–Kier alpha value is -2.61. The molecule has 0 spiro atoms. The number of rotatable bonds is 9. The zero-order valence-corrected chi connectivity index (χ0v) is 11.0. The standard InChI is InChI=1S/C13H15NO7/c15-11(16)7-6-10(13(18)19)14-21-12(17)8-20-9-4-2-1-3-5-9/h1-5,10,14H,6-8H2,(H,15,16)(H,18,19). The number of carbonyl (C=O) groups excluding carboxylic acids is 1. The van der Waals surface area contributed by atoms with Crippen LogP contribution in [0.4, 0.5) is 0 Å². The molecule has 114 valence electrons. The third-order valence-corrected chi connectivity index (χ3v) is 2.36. The van der Waals surface area contributed by atoms with Gasteiger partial charge in [0.1, 0.15) is 11.8 Å². The lowest BCUT2D eigenvalue weighted by molar-refractivity contribution is -0.160. The third-order valence-electron chi connectivity index (χ3n) is 2.36. The van der Waals surface area contributed by atoms with E-state index in [1.165, 1.54) is 0 Å². The van der Waals surface area contributed by atoms with Crippen LogP contribution >= 0.6 is 0 Å². The molecule has 0 bridgehead atoms. The van der Waals surface area contributed by atoms with E-state index < -0.39 is 30.6 Å². The van der Waals surface area contributed by atoms with Crippen molar-refractivity contribution in [2.24, 2.45) is 0 Å². The van der Waals surface area contributed by atoms with E-state index >= 15 is 0 Å². The van der Waals surface area contributed by atoms with Crippen LogP contribution in [0.3, 0.4) is 0 Å². The smallest absolute Gasteiger partial charge is 0.362 e. The van der Waals surface area contributed by atoms with Gasteiger partial charge in [0.15, 0.2) is 6.61 Å². The van der Waals surface area contributed by atoms with E-state index in [1.54, 1.807) is 30.3 Å². The second kappa shape index (κ2) is 8.54. The summed E-state index contributed by atoms with van der Waals surface area (Å²) in [5.74, 6) is -2.80. The third kappa shape index (κ3) is 6.92. The summed E-state index contributed by atoms with van der Waals surface area (Å²) in [4.78, 5) is 37.1. The SMILES string of the molecule is O=C(O)CCC(NOC(=O)COc1ccccc1)C(=O)O. The van der Waals surface area contributed by atoms with Crippen molar-refractivity contribution in [1.82, 2.24) is 5.48 Å². The Kier molecular flexibility index (Phi) is 6.69. The Morgan fingerprint density at radius 2 is 1.81 bits per heavy atom. The molecule has 0 saturated heterocycles. The van der Waals surface area contributed by atoms with Crippen LogP contribution in [-0.4, -0.2) is 40.8 Å². The van der Waals surface area contributed by atoms with Gasteiger partial charge in [-0.2, -0.15) is 0 Å². The van der Waals surface area contributed by atoms with Crippen LogP contribution in [0.1, 0.15) is 12.8 Å². The summed E-state index contributed by atoms with van der Waals surface area (Å²) >= 11 is 0. The predicted octanol–water partition coefficient (Wildman–Crippen LogP) is 0.431. The van der Waals surface area contributed by atoms with Gasteiger partial charge in [-0.3, -0.25) is 9.59 Å². The van der Waals surface area contributed by atoms with Crippen LogP contribution in [0.2, 0.25) is 0 Å². The maximum Gasteiger partial charge on any atom is 0.362 e. The Labute approximate surface area is 120 Å². The Morgan fingerprint density at radius 1 is 1.14 bits per heavy atom. The Balaban J connectivity index is 2.32. The molecule has 0 aliphatic heterocycles. The molecular formula is C13H15NO7. The molecule has 0 fully saturated rings. The molecule has 0 aromatic heterocycles. The molecule has 0 heterocycles. The van der Waals surface area contributed by atoms with Crippen LogP contribution in [0.5, 0.6) is 5.75 Å². The molecule has 21 heavy (non-hydrogen) atoms. The van der Waals surface area contributed by atoms with Gasteiger partial charge in [-0.25, -0.2) is 4.79 Å². The van der Waals surface area contributed by atoms with Crippen LogP contribution in [0.15, 0.2) is 30.3 Å². The van der Waals surface area contributed by atoms with Gasteiger partial charge >= 0.3 is 17.9 Å². The zero-order chi connectivity index (χ0) is 15.7. The van der Waals surface area contributed by atoms with Gasteiger partial charge < -0.3 is 19.8 Å². The number of hydrogen-bond acceptors (Lipinski definition) is 6. The number of hydrogen-bond donors (Lipinski definition) is 3. The summed E-state index contributed by atoms with van der Waals surface area (Å²) < 4.78 is 5.10. The number of carboxylic acids is 2. The molecule has 3 N–H and O–H groups in total. The lowest BCUT2D eigenvalue weighted by Gasteiger charge is -2.13. The van der Waals surface area contributed by atoms with Gasteiger partial charge in [0, 0.05) is 6.42 Å². The summed E-state index contributed by atoms with van der Waals surface area (Å²) in [5.41, 5.74) is 2.02. The first kappa shape index (κ1) is 16.4. The van der Waals surface area contributed by atoms with Crippen LogP contribution in [0, 0.1) is 0 Å². The first-order chi connectivity index (χ1) is 9.99. The van der Waals surface area contributed by atoms with Crippen molar-refractivity contribution >= 4 is 17.9 Å². The number of para-hydroxylation sites is 1. The molecule has 0 radical (unpaired) electrons. The van der Waals surface area contributed by atoms with Crippen LogP contribution in [-0.2, 0) is 19.2 Å². The van der Waals surface area contributed by atoms with E-state index in [4.69, 9.17) is 14.9 Å². The number of hydroxylamine groups is 1. The zero-order valence-electron chi connectivity index (χ0n) is 11.0. The molecule has 0 saturated carbocycles. The Bertz CT molecular complexity index is 489. The molecule has 0 aliphatic carbocycles. The lowest BCUT2D eigenvalue weighted by atomic mass is 10.2. The van der Waals surface area contributed by atoms with E-state index in [9.17, 15) is 14.4 Å². The average Bonchev–Trinajstić information content (AvgIpc) is 2.45. The fraction of sp³-hybridized carbons (Fsp3) is 0.308. The maximum absolute atomic E-state index is 11.4. The molecule has 1 unspecified atom stereocenters. The normalized spacial score (nSPS) is 11.4. The molecule has 0 aliphatic rings. The number of ether oxygens (including phenoxy) is 1. The van der Waals surface area contributed by atoms with E-state index in [0.717, 1.165) is 0 Å². The highest BCUT2D eigenvalue weighted by molar-refractivity contribution is 5.75. The van der Waals surface area contributed by atoms with Gasteiger partial charge in [0.2, 0.25) is 0 Å². The number of carboxylic acid groups (broad SMARTS) is 2. The van der Waals surface area contributed by atoms with Crippen LogP contribution in [0.25, 0.3) is 0 Å². The number of benzene rings is 1. The fourth-order valence-electron chi connectivity index (χ4n) is 1.33. The second-order valence-electron chi connectivity index (χ2n) is 4.02. The first-order valence-corrected chi connectivity index (χ1v) is 6.06. The van der Waals surface area contributed by atoms with Crippen LogP contribution < -0.4 is 10.2 Å². The van der Waals surface area contributed by atoms with Gasteiger partial charge in [0.05, 0.1) is 0 Å². The monoisotopic (exact) mass is 297 g/mol. The fourth-order valence-corrected chi connectivity index (χ4v) is 1.33. The summed E-state index contributed by atoms with van der Waals surface area (Å²) in [7, 11) is 0. The molecule has 0 amide bonds. The van der Waals surface area contributed by atoms with Crippen molar-refractivity contribution in [3.63, 3.8) is 0 Å². The summed E-state index contributed by atoms with van der Waals surface area (Å²) in [6, 6.07) is 7.24. The minimum atomic E-state index is -1.31. The average molecular weight is 297 g/mol. The summed E-state index contributed by atoms with van der Waals surface area (Å²) in [6.07, 6.45) is -0.570. The number of carbonyl (C=O) groups is 3. The van der Waals surface area contributed by atoms with Crippen molar-refractivity contribution in [3.05, 3.63) is 30.3 Å². The predicted molar refractivity (Wildman–Crippen MR) is 69.5 cm³/mol. The molecule has 1 rings (SSSR count). The van der Waals surface area contributed by atoms with Crippen molar-refractivity contribution in [3.8, 4) is 5.75 Å². The highest BCUT2D eigenvalue weighted by atomic mass is 16.7. The van der Waals surface area contributed by atoms with E-state index in [2.05, 4.69) is 4.84 Å². The van der Waals surface area contributed by atoms with Crippen molar-refractivity contribution in [2.45, 2.75) is 18.9 Å². The highest BCUT2D eigenvalue weighted by Gasteiger charge is 2.20. The quantitative estimate of drug-likeness (QED) is 0.561. The molecule has 1 aromatic rings. The number of aliphatic carboxylic acids is 2. The van der Waals surface area contributed by atoms with Gasteiger partial charge in [0.25, 0.3) is 0 Å². The van der Waals surface area contributed by atoms with Crippen molar-refractivity contribution < 1.29 is 34.2 Å². The van der Waals surface area contributed by atoms with Crippen molar-refractivity contribution in [2.75, 3.05) is 6.61 Å². The molecule has 1 aromatic carbocycles. The minimum Gasteiger partial charge on any atom is -0.482 e. The van der Waals surface area contributed by atoms with E-state index in [1.807, 2.05) is 5.48 Å². The molecule has 1 atom stereocenters. The number of nitrogens with one attached hydrogen (secondary N) is 1. The second-order valence-corrected chi connectivity index (χ2v) is 4.02.